The van der Waals surface area contributed by atoms with Crippen molar-refractivity contribution in [1.29, 1.82) is 0 Å². The van der Waals surface area contributed by atoms with E-state index in [0.717, 1.165) is 28.0 Å². The van der Waals surface area contributed by atoms with Crippen LogP contribution in [0.4, 0.5) is 0 Å². The molecule has 0 saturated carbocycles. The Morgan fingerprint density at radius 3 is 2.23 bits per heavy atom. The molecule has 6 rings (SSSR count). The first kappa shape index (κ1) is 21.1. The van der Waals surface area contributed by atoms with Crippen LogP contribution in [0.25, 0.3) is 11.0 Å². The van der Waals surface area contributed by atoms with Gasteiger partial charge in [-0.05, 0) is 41.0 Å². The highest BCUT2D eigenvalue weighted by atomic mass is 16.5. The Labute approximate surface area is 202 Å². The van der Waals surface area contributed by atoms with Gasteiger partial charge in [-0.1, -0.05) is 72.8 Å². The van der Waals surface area contributed by atoms with E-state index in [0.29, 0.717) is 35.5 Å². The Morgan fingerprint density at radius 2 is 1.46 bits per heavy atom. The molecular formula is C30H22N2O3. The molecule has 0 aliphatic heterocycles. The van der Waals surface area contributed by atoms with Crippen LogP contribution in [-0.2, 0) is 13.0 Å². The number of hydrogen-bond donors (Lipinski definition) is 1. The Hall–Kier alpha value is -4.51. The first-order chi connectivity index (χ1) is 17.2. The summed E-state index contributed by atoms with van der Waals surface area (Å²) in [4.78, 5) is 34.9. The van der Waals surface area contributed by atoms with Crippen molar-refractivity contribution in [1.82, 2.24) is 9.97 Å². The number of nitrogens with one attached hydrogen (secondary N) is 1. The van der Waals surface area contributed by atoms with Gasteiger partial charge in [0.2, 0.25) is 0 Å². The van der Waals surface area contributed by atoms with E-state index in [1.165, 1.54) is 0 Å². The number of rotatable bonds is 6. The Morgan fingerprint density at radius 1 is 0.743 bits per heavy atom. The second kappa shape index (κ2) is 8.69. The molecule has 0 spiro atoms. The second-order valence-corrected chi connectivity index (χ2v) is 8.73. The van der Waals surface area contributed by atoms with E-state index in [9.17, 15) is 9.59 Å². The summed E-state index contributed by atoms with van der Waals surface area (Å²) >= 11 is 0. The van der Waals surface area contributed by atoms with E-state index >= 15 is 0 Å². The van der Waals surface area contributed by atoms with Gasteiger partial charge in [-0.3, -0.25) is 9.59 Å². The third kappa shape index (κ3) is 3.91. The fourth-order valence-electron chi connectivity index (χ4n) is 4.70. The van der Waals surface area contributed by atoms with E-state index in [2.05, 4.69) is 4.98 Å². The van der Waals surface area contributed by atoms with Crippen LogP contribution >= 0.6 is 0 Å². The number of Topliss-reactive ketones (excluding diaryl/α,β-unsaturated/α-hetero) is 2. The summed E-state index contributed by atoms with van der Waals surface area (Å²) in [6, 6.07) is 30.6. The molecule has 170 valence electrons. The lowest BCUT2D eigenvalue weighted by atomic mass is 9.93. The number of nitrogens with zero attached hydrogens (tertiary/aromatic N) is 1. The molecule has 0 fully saturated rings. The first-order valence-corrected chi connectivity index (χ1v) is 11.6. The topological polar surface area (TPSA) is 72.1 Å². The largest absolute Gasteiger partial charge is 0.489 e. The van der Waals surface area contributed by atoms with Crippen molar-refractivity contribution < 1.29 is 14.3 Å². The van der Waals surface area contributed by atoms with Gasteiger partial charge in [0.15, 0.2) is 11.6 Å². The average molecular weight is 459 g/mol. The summed E-state index contributed by atoms with van der Waals surface area (Å²) in [6.45, 7) is 0.392. The molecule has 0 amide bonds. The standard InChI is InChI=1S/C30H22N2O3/c33-29-22-15-14-21(35-18-20-10-5-2-6-11-20)17-24(22)30(34)27(29)23-12-7-13-25-28(23)32-26(31-25)16-19-8-3-1-4-9-19/h1-15,17,27H,16,18H2,(H,31,32). The Bertz CT molecular complexity index is 1560. The minimum Gasteiger partial charge on any atom is -0.489 e. The number of carbonyl (C=O) groups excluding carboxylic acids is 2. The maximum atomic E-state index is 13.5. The van der Waals surface area contributed by atoms with Crippen molar-refractivity contribution in [3.05, 3.63) is 131 Å². The van der Waals surface area contributed by atoms with Gasteiger partial charge in [-0.2, -0.15) is 0 Å². The van der Waals surface area contributed by atoms with Crippen molar-refractivity contribution in [2.75, 3.05) is 0 Å². The zero-order valence-electron chi connectivity index (χ0n) is 18.9. The molecule has 1 heterocycles. The molecule has 1 aliphatic rings. The van der Waals surface area contributed by atoms with Gasteiger partial charge in [-0.25, -0.2) is 4.98 Å². The molecule has 1 unspecified atom stereocenters. The van der Waals surface area contributed by atoms with Crippen LogP contribution in [0, 0.1) is 0 Å². The van der Waals surface area contributed by atoms with Crippen molar-refractivity contribution in [2.24, 2.45) is 0 Å². The normalized spacial score (nSPS) is 14.9. The van der Waals surface area contributed by atoms with Gasteiger partial charge in [0.05, 0.1) is 11.0 Å². The van der Waals surface area contributed by atoms with Crippen molar-refractivity contribution >= 4 is 22.6 Å². The van der Waals surface area contributed by atoms with Crippen molar-refractivity contribution in [2.45, 2.75) is 18.9 Å². The maximum Gasteiger partial charge on any atom is 0.179 e. The van der Waals surface area contributed by atoms with E-state index in [-0.39, 0.29) is 11.6 Å². The molecule has 0 radical (unpaired) electrons. The first-order valence-electron chi connectivity index (χ1n) is 11.6. The molecule has 5 aromatic rings. The Kier molecular flexibility index (Phi) is 5.23. The number of ether oxygens (including phenoxy) is 1. The number of aromatic amines is 1. The molecular weight excluding hydrogens is 436 g/mol. The molecule has 5 heteroatoms. The fourth-order valence-corrected chi connectivity index (χ4v) is 4.70. The number of fused-ring (bicyclic) bond motifs is 2. The summed E-state index contributed by atoms with van der Waals surface area (Å²) in [6.07, 6.45) is 0.643. The van der Waals surface area contributed by atoms with Crippen molar-refractivity contribution in [3.63, 3.8) is 0 Å². The molecule has 1 N–H and O–H groups in total. The number of H-pyrrole nitrogens is 1. The van der Waals surface area contributed by atoms with Gasteiger partial charge in [-0.15, -0.1) is 0 Å². The van der Waals surface area contributed by atoms with Crippen molar-refractivity contribution in [3.8, 4) is 5.75 Å². The number of aromatic nitrogens is 2. The minimum atomic E-state index is -0.886. The molecule has 5 nitrogen and oxygen atoms in total. The summed E-state index contributed by atoms with van der Waals surface area (Å²) < 4.78 is 5.89. The van der Waals surface area contributed by atoms with Crippen LogP contribution in [-0.4, -0.2) is 21.5 Å². The molecule has 35 heavy (non-hydrogen) atoms. The average Bonchev–Trinajstić information content (AvgIpc) is 3.41. The second-order valence-electron chi connectivity index (χ2n) is 8.73. The highest BCUT2D eigenvalue weighted by Gasteiger charge is 2.41. The number of hydrogen-bond acceptors (Lipinski definition) is 4. The lowest BCUT2D eigenvalue weighted by Gasteiger charge is -2.08. The summed E-state index contributed by atoms with van der Waals surface area (Å²) in [5.74, 6) is 0.0845. The number of carbonyl (C=O) groups is 2. The quantitative estimate of drug-likeness (QED) is 0.322. The van der Waals surface area contributed by atoms with Crippen LogP contribution in [0.1, 0.15) is 49.1 Å². The third-order valence-corrected chi connectivity index (χ3v) is 6.42. The zero-order chi connectivity index (χ0) is 23.8. The smallest absolute Gasteiger partial charge is 0.179 e. The SMILES string of the molecule is O=C1c2ccc(OCc3ccccc3)cc2C(=O)C1c1cccc2nc(Cc3ccccc3)[nH]c12. The van der Waals surface area contributed by atoms with E-state index in [4.69, 9.17) is 9.72 Å². The van der Waals surface area contributed by atoms with Gasteiger partial charge < -0.3 is 9.72 Å². The number of benzene rings is 4. The molecule has 0 saturated heterocycles. The number of para-hydroxylation sites is 1. The third-order valence-electron chi connectivity index (χ3n) is 6.42. The molecule has 0 bridgehead atoms. The lowest BCUT2D eigenvalue weighted by molar-refractivity contribution is 0.0890. The minimum absolute atomic E-state index is 0.189. The zero-order valence-corrected chi connectivity index (χ0v) is 18.9. The molecule has 1 aromatic heterocycles. The summed E-state index contributed by atoms with van der Waals surface area (Å²) in [5, 5.41) is 0. The predicted octanol–water partition coefficient (Wildman–Crippen LogP) is 5.90. The van der Waals surface area contributed by atoms with E-state index < -0.39 is 5.92 Å². The van der Waals surface area contributed by atoms with Crippen LogP contribution in [0.3, 0.4) is 0 Å². The lowest BCUT2D eigenvalue weighted by Crippen LogP contribution is -2.13. The van der Waals surface area contributed by atoms with Crippen LogP contribution in [0.5, 0.6) is 5.75 Å². The van der Waals surface area contributed by atoms with Crippen LogP contribution in [0.2, 0.25) is 0 Å². The number of ketones is 2. The predicted molar refractivity (Wildman–Crippen MR) is 134 cm³/mol. The van der Waals surface area contributed by atoms with E-state index in [1.54, 1.807) is 18.2 Å². The molecule has 1 atom stereocenters. The highest BCUT2D eigenvalue weighted by Crippen LogP contribution is 2.38. The Balaban J connectivity index is 1.30. The van der Waals surface area contributed by atoms with Gasteiger partial charge in [0.25, 0.3) is 0 Å². The maximum absolute atomic E-state index is 13.5. The highest BCUT2D eigenvalue weighted by molar-refractivity contribution is 6.30. The molecule has 1 aliphatic carbocycles. The van der Waals surface area contributed by atoms with Crippen LogP contribution < -0.4 is 4.74 Å². The van der Waals surface area contributed by atoms with Gasteiger partial charge in [0.1, 0.15) is 24.1 Å². The summed E-state index contributed by atoms with van der Waals surface area (Å²) in [5.41, 5.74) is 5.16. The van der Waals surface area contributed by atoms with E-state index in [1.807, 2.05) is 78.9 Å². The molecule has 4 aromatic carbocycles. The fraction of sp³-hybridized carbons (Fsp3) is 0.100. The summed E-state index contributed by atoms with van der Waals surface area (Å²) in [7, 11) is 0. The van der Waals surface area contributed by atoms with Gasteiger partial charge in [0, 0.05) is 17.5 Å². The number of imidazole rings is 1. The monoisotopic (exact) mass is 458 g/mol. The van der Waals surface area contributed by atoms with Crippen LogP contribution in [0.15, 0.2) is 97.1 Å². The van der Waals surface area contributed by atoms with Gasteiger partial charge >= 0.3 is 0 Å².